The molecule has 1 rings (SSSR count). The normalized spacial score (nSPS) is 12.1. The van der Waals surface area contributed by atoms with E-state index in [4.69, 9.17) is 0 Å². The van der Waals surface area contributed by atoms with Gasteiger partial charge in [-0.25, -0.2) is 4.98 Å². The van der Waals surface area contributed by atoms with Gasteiger partial charge in [-0.05, 0) is 19.5 Å². The largest absolute Gasteiger partial charge is 0.334 e. The summed E-state index contributed by atoms with van der Waals surface area (Å²) < 4.78 is 2.01. The predicted molar refractivity (Wildman–Crippen MR) is 55.4 cm³/mol. The molecular weight excluding hydrogens is 162 g/mol. The van der Waals surface area contributed by atoms with Crippen molar-refractivity contribution < 1.29 is 0 Å². The summed E-state index contributed by atoms with van der Waals surface area (Å²) in [6.45, 7) is 6.19. The summed E-state index contributed by atoms with van der Waals surface area (Å²) in [6, 6.07) is 0. The molecule has 0 amide bonds. The number of likely N-dealkylation sites (N-methyl/N-ethyl adjacent to an activating group) is 1. The van der Waals surface area contributed by atoms with E-state index in [1.54, 1.807) is 0 Å². The molecule has 0 saturated heterocycles. The highest BCUT2D eigenvalue weighted by Crippen LogP contribution is 2.03. The summed E-state index contributed by atoms with van der Waals surface area (Å²) in [5, 5.41) is 3.28. The molecule has 0 atom stereocenters. The number of aromatic nitrogens is 2. The molecule has 1 heterocycles. The molecule has 0 aromatic carbocycles. The zero-order valence-corrected chi connectivity index (χ0v) is 8.54. The first-order chi connectivity index (χ1) is 6.24. The fourth-order valence-electron chi connectivity index (χ4n) is 1.13. The zero-order chi connectivity index (χ0) is 9.68. The van der Waals surface area contributed by atoms with Gasteiger partial charge in [0.25, 0.3) is 0 Å². The van der Waals surface area contributed by atoms with Crippen molar-refractivity contribution in [3.63, 3.8) is 0 Å². The molecule has 3 nitrogen and oxygen atoms in total. The summed E-state index contributed by atoms with van der Waals surface area (Å²) in [5.41, 5.74) is 2.47. The first-order valence-corrected chi connectivity index (χ1v) is 4.58. The minimum atomic E-state index is 0.946. The van der Waals surface area contributed by atoms with Crippen LogP contribution in [-0.2, 0) is 7.05 Å². The van der Waals surface area contributed by atoms with Crippen LogP contribution in [0.1, 0.15) is 19.5 Å². The van der Waals surface area contributed by atoms with Crippen molar-refractivity contribution in [2.45, 2.75) is 13.8 Å². The number of aryl methyl sites for hydroxylation is 1. The van der Waals surface area contributed by atoms with Gasteiger partial charge >= 0.3 is 0 Å². The summed E-state index contributed by atoms with van der Waals surface area (Å²) in [4.78, 5) is 4.05. The van der Waals surface area contributed by atoms with Crippen LogP contribution in [0.25, 0.3) is 6.08 Å². The molecule has 72 valence electrons. The standard InChI is InChI=1S/C10H17N3/c1-4-11-6-9(2)5-10-7-12-8-13(10)3/h5,7-8,11H,4,6H2,1-3H3. The molecule has 0 aliphatic heterocycles. The molecule has 1 aromatic heterocycles. The number of rotatable bonds is 4. The van der Waals surface area contributed by atoms with Gasteiger partial charge in [-0.1, -0.05) is 12.5 Å². The molecular formula is C10H17N3. The van der Waals surface area contributed by atoms with Crippen molar-refractivity contribution in [1.29, 1.82) is 0 Å². The first-order valence-electron chi connectivity index (χ1n) is 4.58. The molecule has 0 aliphatic carbocycles. The van der Waals surface area contributed by atoms with Crippen LogP contribution < -0.4 is 5.32 Å². The molecule has 0 spiro atoms. The van der Waals surface area contributed by atoms with Gasteiger partial charge in [-0.3, -0.25) is 0 Å². The second-order valence-corrected chi connectivity index (χ2v) is 3.20. The van der Waals surface area contributed by atoms with Crippen molar-refractivity contribution in [1.82, 2.24) is 14.9 Å². The van der Waals surface area contributed by atoms with Crippen molar-refractivity contribution in [2.24, 2.45) is 7.05 Å². The number of nitrogens with zero attached hydrogens (tertiary/aromatic N) is 2. The van der Waals surface area contributed by atoms with Gasteiger partial charge in [0.15, 0.2) is 0 Å². The van der Waals surface area contributed by atoms with Crippen molar-refractivity contribution in [3.05, 3.63) is 23.8 Å². The van der Waals surface area contributed by atoms with E-state index in [0.29, 0.717) is 0 Å². The van der Waals surface area contributed by atoms with Crippen molar-refractivity contribution in [2.75, 3.05) is 13.1 Å². The Morgan fingerprint density at radius 2 is 2.46 bits per heavy atom. The van der Waals surface area contributed by atoms with Crippen LogP contribution in [0, 0.1) is 0 Å². The molecule has 0 bridgehead atoms. The lowest BCUT2D eigenvalue weighted by molar-refractivity contribution is 0.777. The van der Waals surface area contributed by atoms with E-state index >= 15 is 0 Å². The lowest BCUT2D eigenvalue weighted by Gasteiger charge is -2.02. The Labute approximate surface area is 79.5 Å². The molecule has 0 unspecified atom stereocenters. The third kappa shape index (κ3) is 3.03. The topological polar surface area (TPSA) is 29.9 Å². The van der Waals surface area contributed by atoms with E-state index < -0.39 is 0 Å². The van der Waals surface area contributed by atoms with Gasteiger partial charge in [0.05, 0.1) is 18.2 Å². The second kappa shape index (κ2) is 4.82. The molecule has 3 heteroatoms. The SMILES string of the molecule is CCNCC(C)=Cc1cncn1C. The average molecular weight is 179 g/mol. The third-order valence-corrected chi connectivity index (χ3v) is 1.90. The lowest BCUT2D eigenvalue weighted by atomic mass is 10.2. The van der Waals surface area contributed by atoms with Crippen LogP contribution in [-0.4, -0.2) is 22.6 Å². The van der Waals surface area contributed by atoms with E-state index in [1.165, 1.54) is 5.57 Å². The van der Waals surface area contributed by atoms with Crippen LogP contribution in [0.15, 0.2) is 18.1 Å². The van der Waals surface area contributed by atoms with E-state index in [1.807, 2.05) is 24.1 Å². The fraction of sp³-hybridized carbons (Fsp3) is 0.500. The van der Waals surface area contributed by atoms with Gasteiger partial charge < -0.3 is 9.88 Å². The number of imidazole rings is 1. The van der Waals surface area contributed by atoms with Gasteiger partial charge in [0.1, 0.15) is 0 Å². The van der Waals surface area contributed by atoms with E-state index in [2.05, 4.69) is 30.2 Å². The molecule has 0 saturated carbocycles. The summed E-state index contributed by atoms with van der Waals surface area (Å²) in [6.07, 6.45) is 5.83. The molecule has 0 fully saturated rings. The monoisotopic (exact) mass is 179 g/mol. The van der Waals surface area contributed by atoms with E-state index in [9.17, 15) is 0 Å². The average Bonchev–Trinajstić information content (AvgIpc) is 2.48. The number of nitrogens with one attached hydrogen (secondary N) is 1. The number of hydrogen-bond donors (Lipinski definition) is 1. The van der Waals surface area contributed by atoms with Crippen LogP contribution in [0.5, 0.6) is 0 Å². The van der Waals surface area contributed by atoms with Gasteiger partial charge in [-0.2, -0.15) is 0 Å². The predicted octanol–water partition coefficient (Wildman–Crippen LogP) is 1.43. The van der Waals surface area contributed by atoms with E-state index in [-0.39, 0.29) is 0 Å². The Morgan fingerprint density at radius 1 is 1.69 bits per heavy atom. The molecule has 1 N–H and O–H groups in total. The Morgan fingerprint density at radius 3 is 3.00 bits per heavy atom. The lowest BCUT2D eigenvalue weighted by Crippen LogP contribution is -2.14. The van der Waals surface area contributed by atoms with Crippen LogP contribution in [0.2, 0.25) is 0 Å². The van der Waals surface area contributed by atoms with Gasteiger partial charge in [-0.15, -0.1) is 0 Å². The highest BCUT2D eigenvalue weighted by Gasteiger charge is 1.94. The van der Waals surface area contributed by atoms with Crippen LogP contribution >= 0.6 is 0 Å². The maximum absolute atomic E-state index is 4.05. The van der Waals surface area contributed by atoms with Crippen LogP contribution in [0.3, 0.4) is 0 Å². The quantitative estimate of drug-likeness (QED) is 0.757. The minimum absolute atomic E-state index is 0.946. The highest BCUT2D eigenvalue weighted by molar-refractivity contribution is 5.48. The Bertz CT molecular complexity index is 286. The number of hydrogen-bond acceptors (Lipinski definition) is 2. The summed E-state index contributed by atoms with van der Waals surface area (Å²) in [7, 11) is 2.00. The molecule has 13 heavy (non-hydrogen) atoms. The van der Waals surface area contributed by atoms with Gasteiger partial charge in [0.2, 0.25) is 0 Å². The molecule has 1 aromatic rings. The van der Waals surface area contributed by atoms with Crippen molar-refractivity contribution in [3.8, 4) is 0 Å². The Hall–Kier alpha value is -1.09. The van der Waals surface area contributed by atoms with Gasteiger partial charge in [0, 0.05) is 13.6 Å². The molecule has 0 aliphatic rings. The van der Waals surface area contributed by atoms with E-state index in [0.717, 1.165) is 18.8 Å². The Kier molecular flexibility index (Phi) is 3.71. The Balaban J connectivity index is 2.60. The van der Waals surface area contributed by atoms with Crippen LogP contribution in [0.4, 0.5) is 0 Å². The minimum Gasteiger partial charge on any atom is -0.334 e. The zero-order valence-electron chi connectivity index (χ0n) is 8.54. The fourth-order valence-corrected chi connectivity index (χ4v) is 1.13. The van der Waals surface area contributed by atoms with Crippen molar-refractivity contribution >= 4 is 6.08 Å². The maximum atomic E-state index is 4.05. The smallest absolute Gasteiger partial charge is 0.0948 e. The third-order valence-electron chi connectivity index (χ3n) is 1.90. The second-order valence-electron chi connectivity index (χ2n) is 3.20. The first kappa shape index (κ1) is 9.99. The summed E-state index contributed by atoms with van der Waals surface area (Å²) in [5.74, 6) is 0. The molecule has 0 radical (unpaired) electrons. The summed E-state index contributed by atoms with van der Waals surface area (Å²) >= 11 is 0. The highest BCUT2D eigenvalue weighted by atomic mass is 15.0. The maximum Gasteiger partial charge on any atom is 0.0948 e.